The zero-order valence-corrected chi connectivity index (χ0v) is 8.32. The van der Waals surface area contributed by atoms with Crippen molar-refractivity contribution in [2.45, 2.75) is 13.3 Å². The molecule has 1 aromatic carbocycles. The number of fused-ring (bicyclic) bond motifs is 1. The maximum absolute atomic E-state index is 11.2. The topological polar surface area (TPSA) is 47.3 Å². The predicted molar refractivity (Wildman–Crippen MR) is 56.9 cm³/mol. The molecular weight excluding hydrogens is 192 g/mol. The highest BCUT2D eigenvalue weighted by Gasteiger charge is 2.06. The second kappa shape index (κ2) is 3.69. The Kier molecular flexibility index (Phi) is 2.37. The summed E-state index contributed by atoms with van der Waals surface area (Å²) in [4.78, 5) is 22.2. The molecule has 0 atom stereocenters. The number of carbonyl (C=O) groups is 1. The summed E-state index contributed by atoms with van der Waals surface area (Å²) in [6, 6.07) is 8.59. The van der Waals surface area contributed by atoms with E-state index in [1.807, 2.05) is 12.1 Å². The van der Waals surface area contributed by atoms with Gasteiger partial charge in [0, 0.05) is 17.9 Å². The zero-order valence-electron chi connectivity index (χ0n) is 8.32. The lowest BCUT2D eigenvalue weighted by atomic mass is 10.1. The fourth-order valence-electron chi connectivity index (χ4n) is 1.59. The summed E-state index contributed by atoms with van der Waals surface area (Å²) in [7, 11) is 0. The Morgan fingerprint density at radius 2 is 2.07 bits per heavy atom. The van der Waals surface area contributed by atoms with Crippen LogP contribution < -0.4 is 5.63 Å². The predicted octanol–water partition coefficient (Wildman–Crippen LogP) is 1.92. The van der Waals surface area contributed by atoms with Crippen molar-refractivity contribution in [2.24, 2.45) is 0 Å². The van der Waals surface area contributed by atoms with Crippen LogP contribution in [0.25, 0.3) is 11.0 Å². The van der Waals surface area contributed by atoms with Crippen molar-refractivity contribution in [3.8, 4) is 0 Å². The maximum Gasteiger partial charge on any atom is 0.336 e. The van der Waals surface area contributed by atoms with Gasteiger partial charge in [-0.25, -0.2) is 4.79 Å². The van der Waals surface area contributed by atoms with Crippen LogP contribution in [0.1, 0.15) is 12.5 Å². The van der Waals surface area contributed by atoms with E-state index in [1.54, 1.807) is 12.1 Å². The molecule has 0 aliphatic carbocycles. The second-order valence-corrected chi connectivity index (χ2v) is 3.47. The minimum absolute atomic E-state index is 0.0331. The molecule has 15 heavy (non-hydrogen) atoms. The summed E-state index contributed by atoms with van der Waals surface area (Å²) in [5.74, 6) is 0.0331. The summed E-state index contributed by atoms with van der Waals surface area (Å²) in [6.45, 7) is 1.50. The summed E-state index contributed by atoms with van der Waals surface area (Å²) in [5.41, 5.74) is 0.848. The summed E-state index contributed by atoms with van der Waals surface area (Å²) in [6.07, 6.45) is 0.270. The normalized spacial score (nSPS) is 10.5. The van der Waals surface area contributed by atoms with Gasteiger partial charge in [-0.2, -0.15) is 0 Å². The molecule has 0 N–H and O–H groups in total. The Hall–Kier alpha value is -1.90. The van der Waals surface area contributed by atoms with E-state index in [4.69, 9.17) is 4.42 Å². The first kappa shape index (κ1) is 9.65. The van der Waals surface area contributed by atoms with Crippen molar-refractivity contribution in [3.05, 3.63) is 46.3 Å². The number of ketones is 1. The molecule has 2 aromatic rings. The average molecular weight is 202 g/mol. The van der Waals surface area contributed by atoms with E-state index in [2.05, 4.69) is 0 Å². The molecule has 0 spiro atoms. The third kappa shape index (κ3) is 1.96. The summed E-state index contributed by atoms with van der Waals surface area (Å²) < 4.78 is 5.02. The van der Waals surface area contributed by atoms with Crippen LogP contribution in [0.5, 0.6) is 0 Å². The lowest BCUT2D eigenvalue weighted by Crippen LogP contribution is -2.04. The Morgan fingerprint density at radius 3 is 2.80 bits per heavy atom. The first-order chi connectivity index (χ1) is 7.16. The third-order valence-corrected chi connectivity index (χ3v) is 2.18. The molecule has 0 saturated heterocycles. The quantitative estimate of drug-likeness (QED) is 0.699. The molecule has 0 radical (unpaired) electrons. The fraction of sp³-hybridized carbons (Fsp3) is 0.167. The van der Waals surface area contributed by atoms with Crippen molar-refractivity contribution in [1.82, 2.24) is 0 Å². The van der Waals surface area contributed by atoms with E-state index in [0.717, 1.165) is 10.9 Å². The van der Waals surface area contributed by atoms with Gasteiger partial charge in [0.25, 0.3) is 0 Å². The van der Waals surface area contributed by atoms with E-state index in [-0.39, 0.29) is 12.2 Å². The molecule has 76 valence electrons. The highest BCUT2D eigenvalue weighted by molar-refractivity contribution is 5.86. The molecule has 2 rings (SSSR count). The first-order valence-electron chi connectivity index (χ1n) is 4.68. The van der Waals surface area contributed by atoms with E-state index >= 15 is 0 Å². The van der Waals surface area contributed by atoms with Crippen molar-refractivity contribution in [3.63, 3.8) is 0 Å². The lowest BCUT2D eigenvalue weighted by molar-refractivity contribution is -0.116. The van der Waals surface area contributed by atoms with E-state index < -0.39 is 5.63 Å². The SMILES string of the molecule is CC(=O)Cc1cc(=O)oc2ccccc12. The van der Waals surface area contributed by atoms with Crippen LogP contribution in [0.2, 0.25) is 0 Å². The smallest absolute Gasteiger partial charge is 0.336 e. The lowest BCUT2D eigenvalue weighted by Gasteiger charge is -2.02. The zero-order chi connectivity index (χ0) is 10.8. The van der Waals surface area contributed by atoms with Gasteiger partial charge in [-0.05, 0) is 18.6 Å². The summed E-state index contributed by atoms with van der Waals surface area (Å²) >= 11 is 0. The summed E-state index contributed by atoms with van der Waals surface area (Å²) in [5, 5.41) is 0.826. The maximum atomic E-state index is 11.2. The number of para-hydroxylation sites is 1. The van der Waals surface area contributed by atoms with Crippen molar-refractivity contribution < 1.29 is 9.21 Å². The van der Waals surface area contributed by atoms with Gasteiger partial charge in [0.2, 0.25) is 0 Å². The first-order valence-corrected chi connectivity index (χ1v) is 4.68. The highest BCUT2D eigenvalue weighted by Crippen LogP contribution is 2.16. The monoisotopic (exact) mass is 202 g/mol. The Balaban J connectivity index is 2.71. The largest absolute Gasteiger partial charge is 0.423 e. The Labute approximate surface area is 86.3 Å². The number of Topliss-reactive ketones (excluding diaryl/α,β-unsaturated/α-hetero) is 1. The van der Waals surface area contributed by atoms with Crippen LogP contribution in [-0.4, -0.2) is 5.78 Å². The number of benzene rings is 1. The number of carbonyl (C=O) groups excluding carboxylic acids is 1. The van der Waals surface area contributed by atoms with Gasteiger partial charge in [0.05, 0.1) is 0 Å². The number of hydrogen-bond donors (Lipinski definition) is 0. The molecular formula is C12H10O3. The molecule has 0 aliphatic rings. The molecule has 1 heterocycles. The van der Waals surface area contributed by atoms with Gasteiger partial charge < -0.3 is 4.42 Å². The van der Waals surface area contributed by atoms with Gasteiger partial charge in [0.15, 0.2) is 0 Å². The van der Waals surface area contributed by atoms with Crippen LogP contribution in [-0.2, 0) is 11.2 Å². The van der Waals surface area contributed by atoms with Crippen LogP contribution in [0.3, 0.4) is 0 Å². The van der Waals surface area contributed by atoms with E-state index in [1.165, 1.54) is 13.0 Å². The average Bonchev–Trinajstić information content (AvgIpc) is 2.16. The molecule has 0 bridgehead atoms. The van der Waals surface area contributed by atoms with E-state index in [9.17, 15) is 9.59 Å². The fourth-order valence-corrected chi connectivity index (χ4v) is 1.59. The van der Waals surface area contributed by atoms with Gasteiger partial charge in [0.1, 0.15) is 11.4 Å². The minimum atomic E-state index is -0.412. The van der Waals surface area contributed by atoms with Gasteiger partial charge in [-0.3, -0.25) is 4.79 Å². The molecule has 3 nitrogen and oxygen atoms in total. The second-order valence-electron chi connectivity index (χ2n) is 3.47. The van der Waals surface area contributed by atoms with Gasteiger partial charge in [-0.15, -0.1) is 0 Å². The van der Waals surface area contributed by atoms with Gasteiger partial charge in [-0.1, -0.05) is 18.2 Å². The van der Waals surface area contributed by atoms with E-state index in [0.29, 0.717) is 5.58 Å². The Morgan fingerprint density at radius 1 is 1.33 bits per heavy atom. The molecule has 1 aromatic heterocycles. The molecule has 0 aliphatic heterocycles. The molecule has 0 saturated carbocycles. The minimum Gasteiger partial charge on any atom is -0.423 e. The Bertz CT molecular complexity index is 566. The molecule has 3 heteroatoms. The number of hydrogen-bond acceptors (Lipinski definition) is 3. The van der Waals surface area contributed by atoms with Crippen LogP contribution in [0.4, 0.5) is 0 Å². The van der Waals surface area contributed by atoms with Crippen LogP contribution in [0, 0.1) is 0 Å². The third-order valence-electron chi connectivity index (χ3n) is 2.18. The van der Waals surface area contributed by atoms with Crippen LogP contribution in [0.15, 0.2) is 39.5 Å². The van der Waals surface area contributed by atoms with Gasteiger partial charge >= 0.3 is 5.63 Å². The standard InChI is InChI=1S/C12H10O3/c1-8(13)6-9-7-12(14)15-11-5-3-2-4-10(9)11/h2-5,7H,6H2,1H3. The van der Waals surface area contributed by atoms with Crippen LogP contribution >= 0.6 is 0 Å². The molecule has 0 unspecified atom stereocenters. The van der Waals surface area contributed by atoms with Crippen molar-refractivity contribution in [1.29, 1.82) is 0 Å². The highest BCUT2D eigenvalue weighted by atomic mass is 16.4. The number of rotatable bonds is 2. The molecule has 0 amide bonds. The van der Waals surface area contributed by atoms with Crippen molar-refractivity contribution in [2.75, 3.05) is 0 Å². The molecule has 0 fully saturated rings. The van der Waals surface area contributed by atoms with Crippen molar-refractivity contribution >= 4 is 16.8 Å².